The minimum atomic E-state index is -0.726. The van der Waals surface area contributed by atoms with Gasteiger partial charge in [-0.3, -0.25) is 9.59 Å². The first-order valence-electron chi connectivity index (χ1n) is 8.99. The second kappa shape index (κ2) is 6.21. The van der Waals surface area contributed by atoms with E-state index in [2.05, 4.69) is 5.32 Å². The van der Waals surface area contributed by atoms with E-state index in [1.807, 2.05) is 54.3 Å². The molecule has 3 heterocycles. The molecule has 1 aromatic rings. The molecule has 138 valence electrons. The molecule has 1 N–H and O–H groups in total. The molecule has 6 heteroatoms. The van der Waals surface area contributed by atoms with Gasteiger partial charge in [0.15, 0.2) is 0 Å². The maximum atomic E-state index is 13.2. The van der Waals surface area contributed by atoms with E-state index >= 15 is 0 Å². The molecule has 3 aliphatic heterocycles. The lowest BCUT2D eigenvalue weighted by atomic mass is 9.72. The third kappa shape index (κ3) is 2.56. The standard InChI is InChI=1S/C20H24N2O4/c1-19-8-9-20(26-19)13-22(12-14-6-4-3-5-7-14)18(24)16(20)15(19)17(23)21-10-11-25-2/h3-9,15-16H,10-13H2,1-2H3,(H,21,23). The molecule has 1 aromatic carbocycles. The summed E-state index contributed by atoms with van der Waals surface area (Å²) < 4.78 is 11.3. The first-order chi connectivity index (χ1) is 12.5. The van der Waals surface area contributed by atoms with E-state index in [-0.39, 0.29) is 11.8 Å². The Morgan fingerprint density at radius 3 is 2.85 bits per heavy atom. The number of fused-ring (bicyclic) bond motifs is 1. The van der Waals surface area contributed by atoms with Gasteiger partial charge >= 0.3 is 0 Å². The molecule has 2 bridgehead atoms. The van der Waals surface area contributed by atoms with Crippen LogP contribution in [0.2, 0.25) is 0 Å². The van der Waals surface area contributed by atoms with Crippen LogP contribution in [-0.4, -0.2) is 54.7 Å². The Morgan fingerprint density at radius 1 is 1.35 bits per heavy atom. The molecule has 0 aliphatic carbocycles. The molecule has 0 radical (unpaired) electrons. The zero-order chi connectivity index (χ0) is 18.4. The third-order valence-corrected chi connectivity index (χ3v) is 5.70. The molecule has 2 fully saturated rings. The van der Waals surface area contributed by atoms with Gasteiger partial charge in [0.1, 0.15) is 5.60 Å². The minimum absolute atomic E-state index is 0.00572. The molecule has 1 spiro atoms. The highest BCUT2D eigenvalue weighted by atomic mass is 16.5. The van der Waals surface area contributed by atoms with Crippen LogP contribution < -0.4 is 5.32 Å². The number of benzene rings is 1. The van der Waals surface area contributed by atoms with Crippen LogP contribution in [0.15, 0.2) is 42.5 Å². The molecule has 4 rings (SSSR count). The number of hydrogen-bond donors (Lipinski definition) is 1. The Hall–Kier alpha value is -2.18. The number of methoxy groups -OCH3 is 1. The van der Waals surface area contributed by atoms with Crippen molar-refractivity contribution >= 4 is 11.8 Å². The first-order valence-corrected chi connectivity index (χ1v) is 8.99. The normalized spacial score (nSPS) is 34.4. The number of rotatable bonds is 6. The van der Waals surface area contributed by atoms with E-state index in [9.17, 15) is 9.59 Å². The van der Waals surface area contributed by atoms with E-state index in [0.717, 1.165) is 5.56 Å². The SMILES string of the molecule is COCCNC(=O)C1C2C(=O)N(Cc3ccccc3)CC23C=CC1(C)O3. The summed E-state index contributed by atoms with van der Waals surface area (Å²) in [6.45, 7) is 3.78. The van der Waals surface area contributed by atoms with Crippen LogP contribution in [0.1, 0.15) is 12.5 Å². The number of ether oxygens (including phenoxy) is 2. The summed E-state index contributed by atoms with van der Waals surface area (Å²) in [7, 11) is 1.59. The number of amides is 2. The smallest absolute Gasteiger partial charge is 0.230 e. The minimum Gasteiger partial charge on any atom is -0.383 e. The van der Waals surface area contributed by atoms with Gasteiger partial charge in [0.2, 0.25) is 11.8 Å². The first kappa shape index (κ1) is 17.2. The second-order valence-corrected chi connectivity index (χ2v) is 7.49. The lowest BCUT2D eigenvalue weighted by Gasteiger charge is -2.29. The zero-order valence-corrected chi connectivity index (χ0v) is 15.1. The Bertz CT molecular complexity index is 749. The maximum absolute atomic E-state index is 13.2. The molecule has 26 heavy (non-hydrogen) atoms. The largest absolute Gasteiger partial charge is 0.383 e. The molecule has 6 nitrogen and oxygen atoms in total. The van der Waals surface area contributed by atoms with Gasteiger partial charge in [-0.2, -0.15) is 0 Å². The van der Waals surface area contributed by atoms with Gasteiger partial charge < -0.3 is 19.7 Å². The Labute approximate surface area is 153 Å². The lowest BCUT2D eigenvalue weighted by Crippen LogP contribution is -2.48. The van der Waals surface area contributed by atoms with E-state index in [1.54, 1.807) is 7.11 Å². The molecule has 2 amide bonds. The number of carbonyl (C=O) groups excluding carboxylic acids is 2. The van der Waals surface area contributed by atoms with Gasteiger partial charge in [-0.05, 0) is 12.5 Å². The fraction of sp³-hybridized carbons (Fsp3) is 0.500. The summed E-state index contributed by atoms with van der Waals surface area (Å²) in [6, 6.07) is 9.89. The summed E-state index contributed by atoms with van der Waals surface area (Å²) in [5.74, 6) is -1.13. The highest BCUT2D eigenvalue weighted by Gasteiger charge is 2.70. The summed E-state index contributed by atoms with van der Waals surface area (Å²) in [6.07, 6.45) is 3.93. The van der Waals surface area contributed by atoms with Crippen molar-refractivity contribution in [1.29, 1.82) is 0 Å². The van der Waals surface area contributed by atoms with E-state index < -0.39 is 23.0 Å². The van der Waals surface area contributed by atoms with Crippen molar-refractivity contribution in [2.45, 2.75) is 24.7 Å². The molecule has 3 aliphatic rings. The molecule has 4 atom stereocenters. The van der Waals surface area contributed by atoms with Crippen molar-refractivity contribution in [3.05, 3.63) is 48.0 Å². The van der Waals surface area contributed by atoms with Crippen molar-refractivity contribution < 1.29 is 19.1 Å². The van der Waals surface area contributed by atoms with Crippen LogP contribution in [0.5, 0.6) is 0 Å². The fourth-order valence-corrected chi connectivity index (χ4v) is 4.57. The van der Waals surface area contributed by atoms with Crippen molar-refractivity contribution in [2.75, 3.05) is 26.8 Å². The van der Waals surface area contributed by atoms with Crippen molar-refractivity contribution in [2.24, 2.45) is 11.8 Å². The Kier molecular flexibility index (Phi) is 4.12. The van der Waals surface area contributed by atoms with Crippen molar-refractivity contribution in [1.82, 2.24) is 10.2 Å². The van der Waals surface area contributed by atoms with Gasteiger partial charge in [-0.1, -0.05) is 42.5 Å². The van der Waals surface area contributed by atoms with Crippen LogP contribution in [0, 0.1) is 11.8 Å². The molecule has 0 saturated carbocycles. The third-order valence-electron chi connectivity index (χ3n) is 5.70. The van der Waals surface area contributed by atoms with Crippen LogP contribution >= 0.6 is 0 Å². The number of nitrogens with one attached hydrogen (secondary N) is 1. The molecular weight excluding hydrogens is 332 g/mol. The van der Waals surface area contributed by atoms with Gasteiger partial charge in [-0.25, -0.2) is 0 Å². The summed E-state index contributed by atoms with van der Waals surface area (Å²) in [5, 5.41) is 2.88. The van der Waals surface area contributed by atoms with E-state index in [4.69, 9.17) is 9.47 Å². The van der Waals surface area contributed by atoms with Crippen LogP contribution in [0.25, 0.3) is 0 Å². The summed E-state index contributed by atoms with van der Waals surface area (Å²) in [5.41, 5.74) is -0.344. The van der Waals surface area contributed by atoms with Gasteiger partial charge in [-0.15, -0.1) is 0 Å². The topological polar surface area (TPSA) is 67.9 Å². The highest BCUT2D eigenvalue weighted by Crippen LogP contribution is 2.57. The monoisotopic (exact) mass is 356 g/mol. The van der Waals surface area contributed by atoms with Crippen molar-refractivity contribution in [3.63, 3.8) is 0 Å². The zero-order valence-electron chi connectivity index (χ0n) is 15.1. The summed E-state index contributed by atoms with van der Waals surface area (Å²) >= 11 is 0. The lowest BCUT2D eigenvalue weighted by molar-refractivity contribution is -0.139. The molecular formula is C20H24N2O4. The molecule has 0 aromatic heterocycles. The van der Waals surface area contributed by atoms with Gasteiger partial charge in [0.05, 0.1) is 30.6 Å². The Morgan fingerprint density at radius 2 is 2.12 bits per heavy atom. The predicted molar refractivity (Wildman–Crippen MR) is 95.1 cm³/mol. The van der Waals surface area contributed by atoms with Gasteiger partial charge in [0, 0.05) is 20.2 Å². The second-order valence-electron chi connectivity index (χ2n) is 7.49. The van der Waals surface area contributed by atoms with E-state index in [0.29, 0.717) is 26.2 Å². The quantitative estimate of drug-likeness (QED) is 0.613. The average Bonchev–Trinajstić information content (AvgIpc) is 3.18. The maximum Gasteiger partial charge on any atom is 0.230 e. The molecule has 4 unspecified atom stereocenters. The fourth-order valence-electron chi connectivity index (χ4n) is 4.57. The number of carbonyl (C=O) groups is 2. The number of hydrogen-bond acceptors (Lipinski definition) is 4. The van der Waals surface area contributed by atoms with E-state index in [1.165, 1.54) is 0 Å². The van der Waals surface area contributed by atoms with Crippen LogP contribution in [0.4, 0.5) is 0 Å². The predicted octanol–water partition coefficient (Wildman–Crippen LogP) is 1.12. The van der Waals surface area contributed by atoms with Crippen molar-refractivity contribution in [3.8, 4) is 0 Å². The Balaban J connectivity index is 1.56. The van der Waals surface area contributed by atoms with Gasteiger partial charge in [0.25, 0.3) is 0 Å². The number of nitrogens with zero attached hydrogens (tertiary/aromatic N) is 1. The average molecular weight is 356 g/mol. The highest BCUT2D eigenvalue weighted by molar-refractivity contribution is 5.93. The molecule has 2 saturated heterocycles. The van der Waals surface area contributed by atoms with Crippen LogP contribution in [-0.2, 0) is 25.6 Å². The van der Waals surface area contributed by atoms with Crippen LogP contribution in [0.3, 0.4) is 0 Å². The summed E-state index contributed by atoms with van der Waals surface area (Å²) in [4.78, 5) is 27.8. The number of likely N-dealkylation sites (tertiary alicyclic amines) is 1.